The van der Waals surface area contributed by atoms with Crippen molar-refractivity contribution in [2.24, 2.45) is 0 Å². The molecule has 1 saturated heterocycles. The minimum Gasteiger partial charge on any atom is -0.382 e. The third-order valence-electron chi connectivity index (χ3n) is 3.39. The molecule has 1 aliphatic heterocycles. The minimum absolute atomic E-state index is 0.231. The van der Waals surface area contributed by atoms with Gasteiger partial charge in [-0.1, -0.05) is 0 Å². The molecule has 20 heavy (non-hydrogen) atoms. The van der Waals surface area contributed by atoms with Crippen LogP contribution in [0.15, 0.2) is 18.2 Å². The number of benzene rings is 1. The predicted octanol–water partition coefficient (Wildman–Crippen LogP) is 0.451. The molecule has 1 aromatic carbocycles. The van der Waals surface area contributed by atoms with Crippen LogP contribution >= 0.6 is 0 Å². The minimum atomic E-state index is -0.603. The largest absolute Gasteiger partial charge is 0.382 e. The second-order valence-corrected chi connectivity index (χ2v) is 4.81. The van der Waals surface area contributed by atoms with Crippen molar-refractivity contribution in [2.75, 3.05) is 44.7 Å². The number of rotatable bonds is 6. The van der Waals surface area contributed by atoms with Crippen LogP contribution in [0.3, 0.4) is 0 Å². The van der Waals surface area contributed by atoms with Crippen LogP contribution in [-0.4, -0.2) is 44.3 Å². The van der Waals surface area contributed by atoms with Crippen molar-refractivity contribution < 1.29 is 19.0 Å². The highest BCUT2D eigenvalue weighted by Gasteiger charge is 2.13. The van der Waals surface area contributed by atoms with E-state index in [1.807, 2.05) is 0 Å². The molecule has 0 saturated carbocycles. The van der Waals surface area contributed by atoms with Crippen molar-refractivity contribution in [3.05, 3.63) is 34.1 Å². The topological polar surface area (TPSA) is 68.8 Å². The second kappa shape index (κ2) is 7.16. The number of hydrogen-bond acceptors (Lipinski definition) is 4. The Morgan fingerprint density at radius 2 is 2.15 bits per heavy atom. The van der Waals surface area contributed by atoms with Crippen molar-refractivity contribution in [3.63, 3.8) is 0 Å². The summed E-state index contributed by atoms with van der Waals surface area (Å²) in [6.45, 7) is 5.32. The summed E-state index contributed by atoms with van der Waals surface area (Å²) >= 11 is 0. The summed E-state index contributed by atoms with van der Waals surface area (Å²) in [5, 5.41) is 13.5. The van der Waals surface area contributed by atoms with Gasteiger partial charge in [0.25, 0.3) is 5.69 Å². The zero-order chi connectivity index (χ0) is 14.4. The Morgan fingerprint density at radius 1 is 1.40 bits per heavy atom. The van der Waals surface area contributed by atoms with Crippen molar-refractivity contribution in [1.29, 1.82) is 0 Å². The highest BCUT2D eigenvalue weighted by Crippen LogP contribution is 2.20. The van der Waals surface area contributed by atoms with Gasteiger partial charge >= 0.3 is 0 Å². The highest BCUT2D eigenvalue weighted by atomic mass is 19.1. The van der Waals surface area contributed by atoms with E-state index in [0.717, 1.165) is 45.3 Å². The van der Waals surface area contributed by atoms with Gasteiger partial charge in [-0.3, -0.25) is 10.1 Å². The Balaban J connectivity index is 1.74. The molecule has 1 aliphatic rings. The van der Waals surface area contributed by atoms with Crippen molar-refractivity contribution in [1.82, 2.24) is 0 Å². The standard InChI is InChI=1S/C13H18FN3O3/c14-12-10-11(17(18)19)2-3-13(12)15-4-1-5-16-6-8-20-9-7-16/h2-3,10,15H,1,4-9H2/p+1. The number of halogens is 1. The van der Waals surface area contributed by atoms with E-state index in [2.05, 4.69) is 5.32 Å². The van der Waals surface area contributed by atoms with Gasteiger partial charge in [0.05, 0.1) is 36.4 Å². The van der Waals surface area contributed by atoms with E-state index in [4.69, 9.17) is 4.74 Å². The number of nitro benzene ring substituents is 1. The molecular weight excluding hydrogens is 265 g/mol. The number of non-ortho nitro benzene ring substituents is 1. The lowest BCUT2D eigenvalue weighted by atomic mass is 10.2. The van der Waals surface area contributed by atoms with Crippen LogP contribution < -0.4 is 10.2 Å². The molecule has 0 amide bonds. The average Bonchev–Trinajstić information content (AvgIpc) is 2.46. The Kier molecular flexibility index (Phi) is 5.25. The summed E-state index contributed by atoms with van der Waals surface area (Å²) in [5.41, 5.74) is 0.0818. The number of ether oxygens (including phenoxy) is 1. The fraction of sp³-hybridized carbons (Fsp3) is 0.538. The van der Waals surface area contributed by atoms with E-state index in [9.17, 15) is 14.5 Å². The Bertz CT molecular complexity index is 464. The van der Waals surface area contributed by atoms with Gasteiger partial charge in [-0.15, -0.1) is 0 Å². The lowest BCUT2D eigenvalue weighted by Gasteiger charge is -2.23. The predicted molar refractivity (Wildman–Crippen MR) is 72.5 cm³/mol. The first-order chi connectivity index (χ1) is 9.66. The molecule has 1 heterocycles. The highest BCUT2D eigenvalue weighted by molar-refractivity contribution is 5.49. The van der Waals surface area contributed by atoms with Gasteiger partial charge < -0.3 is 15.0 Å². The smallest absolute Gasteiger partial charge is 0.272 e. The maximum atomic E-state index is 13.6. The molecule has 0 bridgehead atoms. The summed E-state index contributed by atoms with van der Waals surface area (Å²) in [7, 11) is 0. The van der Waals surface area contributed by atoms with E-state index in [-0.39, 0.29) is 5.69 Å². The average molecular weight is 284 g/mol. The SMILES string of the molecule is O=[N+]([O-])c1ccc(NCCC[NH+]2CCOCC2)c(F)c1. The molecule has 0 radical (unpaired) electrons. The molecule has 2 N–H and O–H groups in total. The lowest BCUT2D eigenvalue weighted by Crippen LogP contribution is -3.14. The number of hydrogen-bond donors (Lipinski definition) is 2. The number of quaternary nitrogens is 1. The zero-order valence-electron chi connectivity index (χ0n) is 11.2. The van der Waals surface area contributed by atoms with E-state index >= 15 is 0 Å². The van der Waals surface area contributed by atoms with Crippen LogP contribution in [0.25, 0.3) is 0 Å². The molecule has 0 unspecified atom stereocenters. The molecule has 0 aromatic heterocycles. The quantitative estimate of drug-likeness (QED) is 0.452. The fourth-order valence-electron chi connectivity index (χ4n) is 2.23. The molecule has 6 nitrogen and oxygen atoms in total. The summed E-state index contributed by atoms with van der Waals surface area (Å²) in [5.74, 6) is -0.585. The molecule has 2 rings (SSSR count). The van der Waals surface area contributed by atoms with E-state index in [1.165, 1.54) is 17.0 Å². The summed E-state index contributed by atoms with van der Waals surface area (Å²) in [6, 6.07) is 3.66. The molecule has 0 aliphatic carbocycles. The van der Waals surface area contributed by atoms with Crippen LogP contribution in [0.4, 0.5) is 15.8 Å². The first-order valence-electron chi connectivity index (χ1n) is 6.76. The third-order valence-corrected chi connectivity index (χ3v) is 3.39. The van der Waals surface area contributed by atoms with Gasteiger partial charge in [-0.25, -0.2) is 4.39 Å². The fourth-order valence-corrected chi connectivity index (χ4v) is 2.23. The molecule has 110 valence electrons. The number of morpholine rings is 1. The molecule has 0 atom stereocenters. The number of nitrogens with one attached hydrogen (secondary N) is 2. The first kappa shape index (κ1) is 14.7. The molecule has 1 fully saturated rings. The summed E-state index contributed by atoms with van der Waals surface area (Å²) < 4.78 is 18.9. The number of nitrogens with zero attached hydrogens (tertiary/aromatic N) is 1. The maximum absolute atomic E-state index is 13.6. The Labute approximate surface area is 116 Å². The third kappa shape index (κ3) is 4.14. The van der Waals surface area contributed by atoms with Gasteiger partial charge in [0, 0.05) is 19.0 Å². The molecular formula is C13H19FN3O3+. The van der Waals surface area contributed by atoms with Crippen molar-refractivity contribution >= 4 is 11.4 Å². The Morgan fingerprint density at radius 3 is 2.80 bits per heavy atom. The lowest BCUT2D eigenvalue weighted by molar-refractivity contribution is -0.908. The van der Waals surface area contributed by atoms with E-state index in [0.29, 0.717) is 12.2 Å². The maximum Gasteiger partial charge on any atom is 0.272 e. The number of anilines is 1. The van der Waals surface area contributed by atoms with Gasteiger partial charge in [-0.05, 0) is 6.07 Å². The monoisotopic (exact) mass is 284 g/mol. The van der Waals surface area contributed by atoms with Crippen LogP contribution in [0.2, 0.25) is 0 Å². The zero-order valence-corrected chi connectivity index (χ0v) is 11.2. The number of nitro groups is 1. The summed E-state index contributed by atoms with van der Waals surface area (Å²) in [6.07, 6.45) is 0.922. The molecule has 0 spiro atoms. The van der Waals surface area contributed by atoms with Gasteiger partial charge in [0.15, 0.2) is 5.82 Å². The Hall–Kier alpha value is -1.73. The first-order valence-corrected chi connectivity index (χ1v) is 6.76. The molecule has 1 aromatic rings. The van der Waals surface area contributed by atoms with Crippen LogP contribution in [0.1, 0.15) is 6.42 Å². The van der Waals surface area contributed by atoms with Gasteiger partial charge in [-0.2, -0.15) is 0 Å². The van der Waals surface area contributed by atoms with Gasteiger partial charge in [0.2, 0.25) is 0 Å². The second-order valence-electron chi connectivity index (χ2n) is 4.81. The summed E-state index contributed by atoms with van der Waals surface area (Å²) in [4.78, 5) is 11.4. The normalized spacial score (nSPS) is 16.1. The van der Waals surface area contributed by atoms with Crippen LogP contribution in [0, 0.1) is 15.9 Å². The van der Waals surface area contributed by atoms with Crippen LogP contribution in [0.5, 0.6) is 0 Å². The van der Waals surface area contributed by atoms with E-state index in [1.54, 1.807) is 0 Å². The van der Waals surface area contributed by atoms with Crippen molar-refractivity contribution in [2.45, 2.75) is 6.42 Å². The van der Waals surface area contributed by atoms with Crippen LogP contribution in [-0.2, 0) is 4.74 Å². The van der Waals surface area contributed by atoms with Gasteiger partial charge in [0.1, 0.15) is 13.1 Å². The molecule has 7 heteroatoms. The van der Waals surface area contributed by atoms with E-state index < -0.39 is 10.7 Å². The van der Waals surface area contributed by atoms with Crippen molar-refractivity contribution in [3.8, 4) is 0 Å².